The van der Waals surface area contributed by atoms with Crippen LogP contribution in [-0.2, 0) is 25.5 Å². The minimum atomic E-state index is -1.42. The number of aliphatic carboxylic acids is 1. The van der Waals surface area contributed by atoms with Gasteiger partial charge in [0.05, 0.1) is 6.42 Å². The van der Waals surface area contributed by atoms with E-state index < -0.39 is 30.3 Å². The number of carboxylic acids is 1. The van der Waals surface area contributed by atoms with Crippen molar-refractivity contribution in [3.05, 3.63) is 65.7 Å². The number of hydrogen-bond acceptors (Lipinski definition) is 6. The van der Waals surface area contributed by atoms with Gasteiger partial charge in [-0.1, -0.05) is 48.5 Å². The van der Waals surface area contributed by atoms with Gasteiger partial charge in [0, 0.05) is 18.1 Å². The van der Waals surface area contributed by atoms with Crippen molar-refractivity contribution in [3.8, 4) is 5.75 Å². The zero-order valence-electron chi connectivity index (χ0n) is 15.0. The van der Waals surface area contributed by atoms with Crippen LogP contribution < -0.4 is 4.74 Å². The average Bonchev–Trinajstić information content (AvgIpc) is 2.61. The van der Waals surface area contributed by atoms with Gasteiger partial charge in [0.1, 0.15) is 5.75 Å². The minimum Gasteiger partial charge on any atom is -0.481 e. The smallest absolute Gasteiger partial charge is 0.307 e. The van der Waals surface area contributed by atoms with E-state index in [-0.39, 0.29) is 12.2 Å². The standard InChI is InChI=1S/C20H20O7/c1-13(21)25-14(2)26-20(19(24)15-8-4-3-5-9-15)27-17-11-7-6-10-16(17)12-18(22)23/h3-11,14,20H,12H2,1-2H3,(H,22,23). The van der Waals surface area contributed by atoms with Gasteiger partial charge in [0.2, 0.25) is 12.1 Å². The van der Waals surface area contributed by atoms with Crippen LogP contribution in [0.4, 0.5) is 0 Å². The van der Waals surface area contributed by atoms with E-state index in [4.69, 9.17) is 19.3 Å². The molecule has 2 aromatic carbocycles. The molecule has 142 valence electrons. The normalized spacial score (nSPS) is 12.7. The molecule has 0 aliphatic rings. The Morgan fingerprint density at radius 3 is 2.26 bits per heavy atom. The Morgan fingerprint density at radius 1 is 1.00 bits per heavy atom. The SMILES string of the molecule is CC(=O)OC(C)OC(Oc1ccccc1CC(=O)O)C(=O)c1ccccc1. The highest BCUT2D eigenvalue weighted by molar-refractivity contribution is 5.98. The quantitative estimate of drug-likeness (QED) is 0.410. The molecule has 0 aromatic heterocycles. The van der Waals surface area contributed by atoms with E-state index in [0.29, 0.717) is 11.1 Å². The van der Waals surface area contributed by atoms with Crippen LogP contribution in [0.5, 0.6) is 5.75 Å². The Bertz CT molecular complexity index is 801. The van der Waals surface area contributed by atoms with Crippen LogP contribution in [0.15, 0.2) is 54.6 Å². The molecule has 0 saturated carbocycles. The van der Waals surface area contributed by atoms with Crippen molar-refractivity contribution in [3.63, 3.8) is 0 Å². The number of ketones is 1. The first-order chi connectivity index (χ1) is 12.9. The first-order valence-electron chi connectivity index (χ1n) is 8.25. The largest absolute Gasteiger partial charge is 0.481 e. The molecule has 0 spiro atoms. The summed E-state index contributed by atoms with van der Waals surface area (Å²) in [5.74, 6) is -1.89. The fraction of sp³-hybridized carbons (Fsp3) is 0.250. The Balaban J connectivity index is 2.28. The minimum absolute atomic E-state index is 0.198. The zero-order valence-corrected chi connectivity index (χ0v) is 15.0. The number of Topliss-reactive ketones (excluding diaryl/α,β-unsaturated/α-hetero) is 1. The molecule has 1 N–H and O–H groups in total. The predicted molar refractivity (Wildman–Crippen MR) is 95.3 cm³/mol. The Labute approximate surface area is 156 Å². The molecule has 0 heterocycles. The van der Waals surface area contributed by atoms with Gasteiger partial charge < -0.3 is 14.6 Å². The van der Waals surface area contributed by atoms with Crippen LogP contribution in [0, 0.1) is 0 Å². The highest BCUT2D eigenvalue weighted by Gasteiger charge is 2.27. The summed E-state index contributed by atoms with van der Waals surface area (Å²) in [6.45, 7) is 2.68. The van der Waals surface area contributed by atoms with Crippen molar-refractivity contribution in [1.82, 2.24) is 0 Å². The van der Waals surface area contributed by atoms with E-state index in [2.05, 4.69) is 0 Å². The summed E-state index contributed by atoms with van der Waals surface area (Å²) in [4.78, 5) is 35.0. The molecule has 7 heteroatoms. The van der Waals surface area contributed by atoms with E-state index in [1.54, 1.807) is 54.6 Å². The lowest BCUT2D eigenvalue weighted by atomic mass is 10.1. The molecule has 2 aromatic rings. The van der Waals surface area contributed by atoms with Gasteiger partial charge >= 0.3 is 11.9 Å². The van der Waals surface area contributed by atoms with Gasteiger partial charge in [0.15, 0.2) is 0 Å². The van der Waals surface area contributed by atoms with E-state index in [1.807, 2.05) is 0 Å². The maximum Gasteiger partial charge on any atom is 0.307 e. The number of ether oxygens (including phenoxy) is 3. The summed E-state index contributed by atoms with van der Waals surface area (Å²) in [6.07, 6.45) is -2.73. The molecule has 0 fully saturated rings. The first kappa shape index (κ1) is 20.1. The van der Waals surface area contributed by atoms with Crippen LogP contribution in [-0.4, -0.2) is 35.4 Å². The highest BCUT2D eigenvalue weighted by Crippen LogP contribution is 2.22. The van der Waals surface area contributed by atoms with Crippen molar-refractivity contribution in [1.29, 1.82) is 0 Å². The van der Waals surface area contributed by atoms with Gasteiger partial charge in [-0.15, -0.1) is 0 Å². The van der Waals surface area contributed by atoms with Gasteiger partial charge in [-0.3, -0.25) is 19.1 Å². The van der Waals surface area contributed by atoms with Gasteiger partial charge in [0.25, 0.3) is 6.29 Å². The van der Waals surface area contributed by atoms with Gasteiger partial charge in [-0.2, -0.15) is 0 Å². The molecule has 2 atom stereocenters. The number of benzene rings is 2. The predicted octanol–water partition coefficient (Wildman–Crippen LogP) is 2.83. The van der Waals surface area contributed by atoms with Crippen molar-refractivity contribution in [2.24, 2.45) is 0 Å². The van der Waals surface area contributed by atoms with Crippen LogP contribution >= 0.6 is 0 Å². The monoisotopic (exact) mass is 372 g/mol. The summed E-state index contributed by atoms with van der Waals surface area (Å²) < 4.78 is 16.1. The molecule has 0 aliphatic heterocycles. The summed E-state index contributed by atoms with van der Waals surface area (Å²) in [5.41, 5.74) is 0.729. The Hall–Kier alpha value is -3.19. The molecular formula is C20H20O7. The highest BCUT2D eigenvalue weighted by atomic mass is 16.8. The second-order valence-corrected chi connectivity index (χ2v) is 5.67. The molecule has 2 rings (SSSR count). The first-order valence-corrected chi connectivity index (χ1v) is 8.25. The lowest BCUT2D eigenvalue weighted by Crippen LogP contribution is -2.35. The summed E-state index contributed by atoms with van der Waals surface area (Å²) in [7, 11) is 0. The number of carboxylic acid groups (broad SMARTS) is 1. The van der Waals surface area contributed by atoms with E-state index in [1.165, 1.54) is 13.8 Å². The van der Waals surface area contributed by atoms with Crippen LogP contribution in [0.2, 0.25) is 0 Å². The van der Waals surface area contributed by atoms with E-state index >= 15 is 0 Å². The fourth-order valence-corrected chi connectivity index (χ4v) is 2.36. The number of esters is 1. The molecule has 27 heavy (non-hydrogen) atoms. The fourth-order valence-electron chi connectivity index (χ4n) is 2.36. The average molecular weight is 372 g/mol. The van der Waals surface area contributed by atoms with Crippen LogP contribution in [0.1, 0.15) is 29.8 Å². The molecular weight excluding hydrogens is 352 g/mol. The maximum atomic E-state index is 12.8. The third-order valence-electron chi connectivity index (χ3n) is 3.47. The second-order valence-electron chi connectivity index (χ2n) is 5.67. The third-order valence-corrected chi connectivity index (χ3v) is 3.47. The molecule has 7 nitrogen and oxygen atoms in total. The van der Waals surface area contributed by atoms with Crippen molar-refractivity contribution >= 4 is 17.7 Å². The lowest BCUT2D eigenvalue weighted by Gasteiger charge is -2.23. The number of carbonyl (C=O) groups excluding carboxylic acids is 2. The molecule has 0 radical (unpaired) electrons. The molecule has 0 amide bonds. The molecule has 2 unspecified atom stereocenters. The molecule has 0 aliphatic carbocycles. The summed E-state index contributed by atoms with van der Waals surface area (Å²) in [5, 5.41) is 9.05. The number of hydrogen-bond donors (Lipinski definition) is 1. The van der Waals surface area contributed by atoms with E-state index in [0.717, 1.165) is 0 Å². The Morgan fingerprint density at radius 2 is 1.63 bits per heavy atom. The second kappa shape index (κ2) is 9.49. The van der Waals surface area contributed by atoms with Gasteiger partial charge in [-0.25, -0.2) is 0 Å². The Kier molecular flexibility index (Phi) is 7.08. The molecule has 0 saturated heterocycles. The number of rotatable bonds is 9. The van der Waals surface area contributed by atoms with Crippen molar-refractivity contribution < 1.29 is 33.7 Å². The van der Waals surface area contributed by atoms with Gasteiger partial charge in [-0.05, 0) is 13.0 Å². The van der Waals surface area contributed by atoms with Crippen LogP contribution in [0.25, 0.3) is 0 Å². The summed E-state index contributed by atoms with van der Waals surface area (Å²) >= 11 is 0. The topological polar surface area (TPSA) is 99.1 Å². The van der Waals surface area contributed by atoms with Crippen molar-refractivity contribution in [2.75, 3.05) is 0 Å². The van der Waals surface area contributed by atoms with Crippen molar-refractivity contribution in [2.45, 2.75) is 32.8 Å². The lowest BCUT2D eigenvalue weighted by molar-refractivity contribution is -0.199. The number of para-hydroxylation sites is 1. The zero-order chi connectivity index (χ0) is 19.8. The molecule has 0 bridgehead atoms. The van der Waals surface area contributed by atoms with Crippen LogP contribution in [0.3, 0.4) is 0 Å². The maximum absolute atomic E-state index is 12.8. The number of carbonyl (C=O) groups is 3. The summed E-state index contributed by atoms with van der Waals surface area (Å²) in [6, 6.07) is 14.8. The van der Waals surface area contributed by atoms with E-state index in [9.17, 15) is 14.4 Å². The third kappa shape index (κ3) is 6.23.